The lowest BCUT2D eigenvalue weighted by atomic mass is 10.6. The molecule has 1 rings (SSSR count). The Balaban J connectivity index is 2.54. The average Bonchev–Trinajstić information content (AvgIpc) is 2.07. The van der Waals surface area contributed by atoms with Gasteiger partial charge in [0.1, 0.15) is 0 Å². The number of aromatic amines is 1. The first kappa shape index (κ1) is 7.74. The molecule has 0 spiro atoms. The molecule has 5 heteroatoms. The molecule has 3 N–H and O–H groups in total. The minimum atomic E-state index is 0.0732. The van der Waals surface area contributed by atoms with Crippen molar-refractivity contribution in [2.45, 2.75) is 0 Å². The SMILES string of the molecule is OCCN/N=c1/cccn[nH]1. The van der Waals surface area contributed by atoms with E-state index in [1.54, 1.807) is 18.3 Å². The second-order valence-electron chi connectivity index (χ2n) is 1.88. The summed E-state index contributed by atoms with van der Waals surface area (Å²) in [4.78, 5) is 0. The summed E-state index contributed by atoms with van der Waals surface area (Å²) in [6.45, 7) is 0.520. The highest BCUT2D eigenvalue weighted by molar-refractivity contribution is 4.81. The highest BCUT2D eigenvalue weighted by atomic mass is 16.3. The van der Waals surface area contributed by atoms with Crippen LogP contribution in [0.3, 0.4) is 0 Å². The van der Waals surface area contributed by atoms with Crippen molar-refractivity contribution < 1.29 is 5.11 Å². The summed E-state index contributed by atoms with van der Waals surface area (Å²) in [5.74, 6) is 0. The van der Waals surface area contributed by atoms with Crippen LogP contribution in [0, 0.1) is 0 Å². The molecule has 1 aromatic rings. The largest absolute Gasteiger partial charge is 0.394 e. The van der Waals surface area contributed by atoms with E-state index in [0.717, 1.165) is 0 Å². The Morgan fingerprint density at radius 2 is 2.64 bits per heavy atom. The summed E-state index contributed by atoms with van der Waals surface area (Å²) >= 11 is 0. The van der Waals surface area contributed by atoms with Crippen molar-refractivity contribution in [1.29, 1.82) is 0 Å². The molecule has 0 radical (unpaired) electrons. The lowest BCUT2D eigenvalue weighted by molar-refractivity contribution is 0.292. The first-order valence-electron chi connectivity index (χ1n) is 3.30. The quantitative estimate of drug-likeness (QED) is 0.378. The van der Waals surface area contributed by atoms with Crippen LogP contribution >= 0.6 is 0 Å². The molecular formula is C6H10N4O. The fourth-order valence-electron chi connectivity index (χ4n) is 0.571. The Bertz CT molecular complexity index is 239. The molecule has 5 nitrogen and oxygen atoms in total. The average molecular weight is 154 g/mol. The van der Waals surface area contributed by atoms with Crippen LogP contribution in [0.2, 0.25) is 0 Å². The summed E-state index contributed by atoms with van der Waals surface area (Å²) in [6.07, 6.45) is 1.63. The molecular weight excluding hydrogens is 144 g/mol. The smallest absolute Gasteiger partial charge is 0.166 e. The molecule has 0 fully saturated rings. The molecule has 0 bridgehead atoms. The van der Waals surface area contributed by atoms with Crippen LogP contribution in [0.4, 0.5) is 0 Å². The van der Waals surface area contributed by atoms with Crippen LogP contribution in [0.25, 0.3) is 0 Å². The van der Waals surface area contributed by atoms with Gasteiger partial charge in [0.05, 0.1) is 13.2 Å². The predicted molar refractivity (Wildman–Crippen MR) is 39.2 cm³/mol. The first-order valence-corrected chi connectivity index (χ1v) is 3.30. The molecule has 0 aliphatic rings. The zero-order chi connectivity index (χ0) is 7.94. The molecule has 11 heavy (non-hydrogen) atoms. The first-order chi connectivity index (χ1) is 5.43. The maximum atomic E-state index is 8.40. The van der Waals surface area contributed by atoms with Gasteiger partial charge in [0.25, 0.3) is 0 Å². The van der Waals surface area contributed by atoms with E-state index in [2.05, 4.69) is 20.7 Å². The zero-order valence-corrected chi connectivity index (χ0v) is 5.99. The van der Waals surface area contributed by atoms with Gasteiger partial charge in [-0.25, -0.2) is 0 Å². The van der Waals surface area contributed by atoms with E-state index in [1.807, 2.05) is 0 Å². The number of H-pyrrole nitrogens is 1. The number of nitrogens with zero attached hydrogens (tertiary/aromatic N) is 2. The van der Waals surface area contributed by atoms with E-state index in [1.165, 1.54) is 0 Å². The molecule has 0 saturated heterocycles. The standard InChI is InChI=1S/C6H10N4O/c11-5-4-8-10-6-2-1-3-7-9-6/h1-3,8,11H,4-5H2,(H,9,10). The Morgan fingerprint density at radius 3 is 3.27 bits per heavy atom. The van der Waals surface area contributed by atoms with Crippen molar-refractivity contribution in [2.24, 2.45) is 5.10 Å². The molecule has 1 aromatic heterocycles. The summed E-state index contributed by atoms with van der Waals surface area (Å²) in [6, 6.07) is 3.55. The molecule has 0 saturated carbocycles. The van der Waals surface area contributed by atoms with Gasteiger partial charge in [-0.2, -0.15) is 10.2 Å². The summed E-state index contributed by atoms with van der Waals surface area (Å²) in [5, 5.41) is 18.7. The fourth-order valence-corrected chi connectivity index (χ4v) is 0.571. The van der Waals surface area contributed by atoms with Crippen LogP contribution in [-0.2, 0) is 0 Å². The molecule has 0 amide bonds. The van der Waals surface area contributed by atoms with E-state index in [4.69, 9.17) is 5.11 Å². The van der Waals surface area contributed by atoms with Crippen LogP contribution in [0.1, 0.15) is 0 Å². The molecule has 60 valence electrons. The Kier molecular flexibility index (Phi) is 3.14. The molecule has 0 aliphatic carbocycles. The minimum absolute atomic E-state index is 0.0732. The summed E-state index contributed by atoms with van der Waals surface area (Å²) in [7, 11) is 0. The summed E-state index contributed by atoms with van der Waals surface area (Å²) in [5.41, 5.74) is 3.29. The van der Waals surface area contributed by atoms with Gasteiger partial charge in [-0.3, -0.25) is 5.10 Å². The van der Waals surface area contributed by atoms with E-state index >= 15 is 0 Å². The van der Waals surface area contributed by atoms with E-state index in [0.29, 0.717) is 12.0 Å². The van der Waals surface area contributed by atoms with Crippen LogP contribution < -0.4 is 10.9 Å². The van der Waals surface area contributed by atoms with Crippen LogP contribution in [-0.4, -0.2) is 28.5 Å². The van der Waals surface area contributed by atoms with E-state index in [-0.39, 0.29) is 6.61 Å². The predicted octanol–water partition coefficient (Wildman–Crippen LogP) is -1.19. The number of rotatable bonds is 3. The van der Waals surface area contributed by atoms with Crippen LogP contribution in [0.15, 0.2) is 23.4 Å². The maximum Gasteiger partial charge on any atom is 0.166 e. The third-order valence-corrected chi connectivity index (χ3v) is 1.02. The lowest BCUT2D eigenvalue weighted by Gasteiger charge is -1.92. The number of aliphatic hydroxyl groups is 1. The molecule has 1 heterocycles. The zero-order valence-electron chi connectivity index (χ0n) is 5.99. The number of aliphatic hydroxyl groups excluding tert-OH is 1. The van der Waals surface area contributed by atoms with E-state index in [9.17, 15) is 0 Å². The Morgan fingerprint density at radius 1 is 1.73 bits per heavy atom. The van der Waals surface area contributed by atoms with Gasteiger partial charge in [0.2, 0.25) is 0 Å². The van der Waals surface area contributed by atoms with Gasteiger partial charge in [-0.1, -0.05) is 0 Å². The van der Waals surface area contributed by atoms with Crippen molar-refractivity contribution in [1.82, 2.24) is 15.6 Å². The Labute approximate surface area is 63.8 Å². The molecule has 0 aliphatic heterocycles. The number of nitrogens with one attached hydrogen (secondary N) is 2. The number of hydrogen-bond donors (Lipinski definition) is 3. The van der Waals surface area contributed by atoms with Crippen molar-refractivity contribution >= 4 is 0 Å². The number of aromatic nitrogens is 2. The molecule has 0 unspecified atom stereocenters. The van der Waals surface area contributed by atoms with E-state index < -0.39 is 0 Å². The number of hydrogen-bond acceptors (Lipinski definition) is 4. The maximum absolute atomic E-state index is 8.40. The van der Waals surface area contributed by atoms with Crippen molar-refractivity contribution in [3.63, 3.8) is 0 Å². The van der Waals surface area contributed by atoms with Gasteiger partial charge < -0.3 is 10.5 Å². The molecule has 0 atom stereocenters. The molecule has 0 aromatic carbocycles. The van der Waals surface area contributed by atoms with Gasteiger partial charge in [0, 0.05) is 6.20 Å². The second-order valence-corrected chi connectivity index (χ2v) is 1.88. The van der Waals surface area contributed by atoms with Gasteiger partial charge >= 0.3 is 0 Å². The third kappa shape index (κ3) is 2.81. The van der Waals surface area contributed by atoms with Crippen molar-refractivity contribution in [3.8, 4) is 0 Å². The topological polar surface area (TPSA) is 73.3 Å². The van der Waals surface area contributed by atoms with Crippen molar-refractivity contribution in [2.75, 3.05) is 13.2 Å². The fraction of sp³-hybridized carbons (Fsp3) is 0.333. The highest BCUT2D eigenvalue weighted by Gasteiger charge is 1.77. The van der Waals surface area contributed by atoms with Gasteiger partial charge in [-0.15, -0.1) is 0 Å². The second kappa shape index (κ2) is 4.45. The minimum Gasteiger partial charge on any atom is -0.394 e. The monoisotopic (exact) mass is 154 g/mol. The van der Waals surface area contributed by atoms with Crippen LogP contribution in [0.5, 0.6) is 0 Å². The van der Waals surface area contributed by atoms with Crippen molar-refractivity contribution in [3.05, 3.63) is 23.8 Å². The van der Waals surface area contributed by atoms with Gasteiger partial charge in [-0.05, 0) is 12.1 Å². The Hall–Kier alpha value is -1.36. The lowest BCUT2D eigenvalue weighted by Crippen LogP contribution is -2.18. The highest BCUT2D eigenvalue weighted by Crippen LogP contribution is 1.64. The third-order valence-electron chi connectivity index (χ3n) is 1.02. The van der Waals surface area contributed by atoms with Gasteiger partial charge in [0.15, 0.2) is 5.49 Å². The normalized spacial score (nSPS) is 11.5. The summed E-state index contributed by atoms with van der Waals surface area (Å²) < 4.78 is 0.